The molecule has 21 heavy (non-hydrogen) atoms. The molecule has 0 fully saturated rings. The molecule has 112 valence electrons. The summed E-state index contributed by atoms with van der Waals surface area (Å²) in [5, 5.41) is 0. The highest BCUT2D eigenvalue weighted by Crippen LogP contribution is 2.22. The first-order valence-corrected chi connectivity index (χ1v) is 8.43. The van der Waals surface area contributed by atoms with Gasteiger partial charge in [0, 0.05) is 24.7 Å². The van der Waals surface area contributed by atoms with E-state index in [4.69, 9.17) is 5.73 Å². The third-order valence-electron chi connectivity index (χ3n) is 3.53. The second-order valence-corrected chi connectivity index (χ2v) is 6.07. The molecule has 4 nitrogen and oxygen atoms in total. The molecule has 0 saturated carbocycles. The largest absolute Gasteiger partial charge is 0.384 e. The fourth-order valence-electron chi connectivity index (χ4n) is 2.06. The van der Waals surface area contributed by atoms with Gasteiger partial charge in [0.25, 0.3) is 0 Å². The standard InChI is InChI=1S/C16H22N4S/c1-12(9-10-21-3)20(2)15-11-14(17)18-16(19-15)13-7-5-4-6-8-13/h4-8,11-12H,9-10H2,1-3H3,(H2,17,18,19). The van der Waals surface area contributed by atoms with E-state index < -0.39 is 0 Å². The molecule has 0 radical (unpaired) electrons. The van der Waals surface area contributed by atoms with Crippen molar-refractivity contribution in [1.29, 1.82) is 0 Å². The number of anilines is 2. The van der Waals surface area contributed by atoms with E-state index in [1.54, 1.807) is 0 Å². The van der Waals surface area contributed by atoms with E-state index in [9.17, 15) is 0 Å². The normalized spacial score (nSPS) is 12.1. The maximum atomic E-state index is 5.95. The lowest BCUT2D eigenvalue weighted by molar-refractivity contribution is 0.662. The number of benzene rings is 1. The van der Waals surface area contributed by atoms with E-state index in [0.717, 1.165) is 23.6 Å². The lowest BCUT2D eigenvalue weighted by Gasteiger charge is -2.26. The molecule has 1 atom stereocenters. The van der Waals surface area contributed by atoms with Gasteiger partial charge in [-0.1, -0.05) is 30.3 Å². The van der Waals surface area contributed by atoms with Crippen molar-refractivity contribution in [3.8, 4) is 11.4 Å². The van der Waals surface area contributed by atoms with Gasteiger partial charge in [-0.05, 0) is 25.4 Å². The zero-order valence-corrected chi connectivity index (χ0v) is 13.6. The van der Waals surface area contributed by atoms with Crippen LogP contribution in [0.3, 0.4) is 0 Å². The van der Waals surface area contributed by atoms with Crippen LogP contribution < -0.4 is 10.6 Å². The van der Waals surface area contributed by atoms with E-state index in [2.05, 4.69) is 35.1 Å². The lowest BCUT2D eigenvalue weighted by Crippen LogP contribution is -2.30. The van der Waals surface area contributed by atoms with Crippen LogP contribution in [0.2, 0.25) is 0 Å². The molecular formula is C16H22N4S. The summed E-state index contributed by atoms with van der Waals surface area (Å²) in [6, 6.07) is 12.2. The highest BCUT2D eigenvalue weighted by molar-refractivity contribution is 7.98. The Bertz CT molecular complexity index is 574. The lowest BCUT2D eigenvalue weighted by atomic mass is 10.2. The van der Waals surface area contributed by atoms with Gasteiger partial charge in [0.2, 0.25) is 0 Å². The second-order valence-electron chi connectivity index (χ2n) is 5.08. The average molecular weight is 302 g/mol. The first kappa shape index (κ1) is 15.6. The molecule has 0 aliphatic rings. The van der Waals surface area contributed by atoms with Crippen LogP contribution >= 0.6 is 11.8 Å². The molecule has 1 aromatic carbocycles. The van der Waals surface area contributed by atoms with Crippen LogP contribution in [0.15, 0.2) is 36.4 Å². The van der Waals surface area contributed by atoms with E-state index in [0.29, 0.717) is 17.7 Å². The number of nitrogen functional groups attached to an aromatic ring is 1. The van der Waals surface area contributed by atoms with Crippen molar-refractivity contribution in [2.75, 3.05) is 29.7 Å². The molecule has 0 aliphatic heterocycles. The molecule has 5 heteroatoms. The van der Waals surface area contributed by atoms with Crippen LogP contribution in [0.25, 0.3) is 11.4 Å². The Labute approximate surface area is 130 Å². The van der Waals surface area contributed by atoms with Gasteiger partial charge in [0.15, 0.2) is 5.82 Å². The van der Waals surface area contributed by atoms with Gasteiger partial charge in [0.05, 0.1) is 0 Å². The average Bonchev–Trinajstić information content (AvgIpc) is 2.52. The highest BCUT2D eigenvalue weighted by atomic mass is 32.2. The minimum absolute atomic E-state index is 0.412. The Morgan fingerprint density at radius 1 is 1.24 bits per heavy atom. The molecule has 2 N–H and O–H groups in total. The zero-order valence-electron chi connectivity index (χ0n) is 12.8. The Morgan fingerprint density at radius 3 is 2.62 bits per heavy atom. The van der Waals surface area contributed by atoms with Crippen molar-refractivity contribution in [2.45, 2.75) is 19.4 Å². The van der Waals surface area contributed by atoms with Crippen LogP contribution in [0.5, 0.6) is 0 Å². The maximum absolute atomic E-state index is 5.95. The summed E-state index contributed by atoms with van der Waals surface area (Å²) < 4.78 is 0. The first-order chi connectivity index (χ1) is 10.1. The third kappa shape index (κ3) is 4.11. The monoisotopic (exact) mass is 302 g/mol. The van der Waals surface area contributed by atoms with Crippen LogP contribution in [-0.2, 0) is 0 Å². The van der Waals surface area contributed by atoms with E-state index in [1.165, 1.54) is 0 Å². The number of aromatic nitrogens is 2. The zero-order chi connectivity index (χ0) is 15.2. The van der Waals surface area contributed by atoms with Crippen molar-refractivity contribution >= 4 is 23.4 Å². The fraction of sp³-hybridized carbons (Fsp3) is 0.375. The summed E-state index contributed by atoms with van der Waals surface area (Å²) in [6.07, 6.45) is 3.24. The smallest absolute Gasteiger partial charge is 0.163 e. The van der Waals surface area contributed by atoms with Gasteiger partial charge < -0.3 is 10.6 Å². The number of rotatable bonds is 6. The molecule has 1 unspecified atom stereocenters. The van der Waals surface area contributed by atoms with Crippen molar-refractivity contribution in [3.05, 3.63) is 36.4 Å². The van der Waals surface area contributed by atoms with E-state index >= 15 is 0 Å². The minimum atomic E-state index is 0.412. The van der Waals surface area contributed by atoms with E-state index in [1.807, 2.05) is 48.2 Å². The number of hydrogen-bond donors (Lipinski definition) is 1. The van der Waals surface area contributed by atoms with Gasteiger partial charge in [0.1, 0.15) is 11.6 Å². The quantitative estimate of drug-likeness (QED) is 0.887. The van der Waals surface area contributed by atoms with Gasteiger partial charge in [-0.3, -0.25) is 0 Å². The predicted molar refractivity (Wildman–Crippen MR) is 92.7 cm³/mol. The van der Waals surface area contributed by atoms with Gasteiger partial charge in [-0.15, -0.1) is 0 Å². The van der Waals surface area contributed by atoms with Crippen molar-refractivity contribution in [2.24, 2.45) is 0 Å². The third-order valence-corrected chi connectivity index (χ3v) is 4.17. The van der Waals surface area contributed by atoms with Gasteiger partial charge >= 0.3 is 0 Å². The highest BCUT2D eigenvalue weighted by Gasteiger charge is 2.13. The molecule has 2 rings (SSSR count). The molecule has 0 aliphatic carbocycles. The molecular weight excluding hydrogens is 280 g/mol. The van der Waals surface area contributed by atoms with Crippen LogP contribution in [0.4, 0.5) is 11.6 Å². The maximum Gasteiger partial charge on any atom is 0.163 e. The molecule has 0 saturated heterocycles. The van der Waals surface area contributed by atoms with Crippen LogP contribution in [0, 0.1) is 0 Å². The summed E-state index contributed by atoms with van der Waals surface area (Å²) in [4.78, 5) is 11.2. The Morgan fingerprint density at radius 2 is 1.95 bits per heavy atom. The first-order valence-electron chi connectivity index (χ1n) is 7.03. The molecule has 1 heterocycles. The number of nitrogens with zero attached hydrogens (tertiary/aromatic N) is 3. The molecule has 0 spiro atoms. The SMILES string of the molecule is CSCCC(C)N(C)c1cc(N)nc(-c2ccccc2)n1. The van der Waals surface area contributed by atoms with Gasteiger partial charge in [-0.2, -0.15) is 11.8 Å². The number of thioether (sulfide) groups is 1. The summed E-state index contributed by atoms with van der Waals surface area (Å²) >= 11 is 1.86. The number of nitrogens with two attached hydrogens (primary N) is 1. The molecule has 0 bridgehead atoms. The van der Waals surface area contributed by atoms with Crippen molar-refractivity contribution in [3.63, 3.8) is 0 Å². The molecule has 0 amide bonds. The molecule has 2 aromatic rings. The van der Waals surface area contributed by atoms with Crippen LogP contribution in [0.1, 0.15) is 13.3 Å². The summed E-state index contributed by atoms with van der Waals surface area (Å²) in [5.41, 5.74) is 6.94. The Balaban J connectivity index is 2.27. The summed E-state index contributed by atoms with van der Waals surface area (Å²) in [7, 11) is 2.06. The summed E-state index contributed by atoms with van der Waals surface area (Å²) in [6.45, 7) is 2.21. The molecule has 1 aromatic heterocycles. The second kappa shape index (κ2) is 7.31. The fourth-order valence-corrected chi connectivity index (χ4v) is 2.63. The van der Waals surface area contributed by atoms with Crippen molar-refractivity contribution < 1.29 is 0 Å². The topological polar surface area (TPSA) is 55.0 Å². The predicted octanol–water partition coefficient (Wildman–Crippen LogP) is 3.30. The Hall–Kier alpha value is -1.75. The van der Waals surface area contributed by atoms with Crippen LogP contribution in [-0.4, -0.2) is 35.1 Å². The Kier molecular flexibility index (Phi) is 5.44. The number of hydrogen-bond acceptors (Lipinski definition) is 5. The minimum Gasteiger partial charge on any atom is -0.384 e. The van der Waals surface area contributed by atoms with Crippen molar-refractivity contribution in [1.82, 2.24) is 9.97 Å². The van der Waals surface area contributed by atoms with E-state index in [-0.39, 0.29) is 0 Å². The van der Waals surface area contributed by atoms with Gasteiger partial charge in [-0.25, -0.2) is 9.97 Å². The summed E-state index contributed by atoms with van der Waals surface area (Å²) in [5.74, 6) is 3.18.